The lowest BCUT2D eigenvalue weighted by Gasteiger charge is -2.24. The molecular formula is C16H26N2O3. The maximum absolute atomic E-state index is 11.9. The summed E-state index contributed by atoms with van der Waals surface area (Å²) in [6.07, 6.45) is 0.850. The zero-order valence-electron chi connectivity index (χ0n) is 13.5. The van der Waals surface area contributed by atoms with Gasteiger partial charge in [0.1, 0.15) is 11.5 Å². The van der Waals surface area contributed by atoms with Gasteiger partial charge in [0.05, 0.1) is 7.11 Å². The highest BCUT2D eigenvalue weighted by molar-refractivity contribution is 5.78. The smallest absolute Gasteiger partial charge is 0.258 e. The van der Waals surface area contributed by atoms with Gasteiger partial charge in [-0.2, -0.15) is 0 Å². The second-order valence-corrected chi connectivity index (χ2v) is 5.77. The number of hydrogen-bond donors (Lipinski definition) is 2. The number of carbonyl (C=O) groups is 1. The average Bonchev–Trinajstić information content (AvgIpc) is 2.44. The number of ether oxygens (including phenoxy) is 2. The molecule has 1 aromatic carbocycles. The summed E-state index contributed by atoms with van der Waals surface area (Å²) >= 11 is 0. The van der Waals surface area contributed by atoms with Crippen LogP contribution in [0.2, 0.25) is 0 Å². The van der Waals surface area contributed by atoms with E-state index in [1.165, 1.54) is 0 Å². The minimum atomic E-state index is -0.237. The van der Waals surface area contributed by atoms with Gasteiger partial charge in [-0.15, -0.1) is 0 Å². The van der Waals surface area contributed by atoms with Crippen molar-refractivity contribution in [1.82, 2.24) is 5.32 Å². The summed E-state index contributed by atoms with van der Waals surface area (Å²) < 4.78 is 10.8. The summed E-state index contributed by atoms with van der Waals surface area (Å²) in [6, 6.07) is 5.25. The van der Waals surface area contributed by atoms with Gasteiger partial charge in [0.2, 0.25) is 0 Å². The van der Waals surface area contributed by atoms with E-state index in [1.54, 1.807) is 13.2 Å². The first-order valence-electron chi connectivity index (χ1n) is 7.16. The van der Waals surface area contributed by atoms with E-state index >= 15 is 0 Å². The molecule has 1 atom stereocenters. The second kappa shape index (κ2) is 7.31. The molecule has 0 aliphatic rings. The molecule has 0 aromatic heterocycles. The fraction of sp³-hybridized carbons (Fsp3) is 0.562. The minimum Gasteiger partial charge on any atom is -0.497 e. The Balaban J connectivity index is 2.76. The Kier molecular flexibility index (Phi) is 6.03. The quantitative estimate of drug-likeness (QED) is 0.810. The number of rotatable bonds is 7. The van der Waals surface area contributed by atoms with Crippen molar-refractivity contribution in [2.45, 2.75) is 45.7 Å². The molecular weight excluding hydrogens is 268 g/mol. The maximum atomic E-state index is 11.9. The summed E-state index contributed by atoms with van der Waals surface area (Å²) in [5.41, 5.74) is 6.52. The van der Waals surface area contributed by atoms with Crippen LogP contribution in [0.5, 0.6) is 11.5 Å². The third-order valence-electron chi connectivity index (χ3n) is 3.43. The normalized spacial score (nSPS) is 12.7. The van der Waals surface area contributed by atoms with Crippen molar-refractivity contribution in [3.63, 3.8) is 0 Å². The van der Waals surface area contributed by atoms with Gasteiger partial charge in [-0.3, -0.25) is 4.79 Å². The molecule has 0 saturated heterocycles. The maximum Gasteiger partial charge on any atom is 0.258 e. The standard InChI is InChI=1S/C16H26N2O3/c1-6-16(3,4)18-15(19)10-21-14-9-12(20-5)7-8-13(14)11(2)17/h7-9,11H,6,10,17H2,1-5H3,(H,18,19). The number of hydrogen-bond acceptors (Lipinski definition) is 4. The van der Waals surface area contributed by atoms with E-state index in [2.05, 4.69) is 5.32 Å². The van der Waals surface area contributed by atoms with Gasteiger partial charge in [0.25, 0.3) is 5.91 Å². The van der Waals surface area contributed by atoms with Gasteiger partial charge < -0.3 is 20.5 Å². The molecule has 0 radical (unpaired) electrons. The van der Waals surface area contributed by atoms with Crippen molar-refractivity contribution in [2.24, 2.45) is 5.73 Å². The number of carbonyl (C=O) groups excluding carboxylic acids is 1. The van der Waals surface area contributed by atoms with Crippen LogP contribution in [0.4, 0.5) is 0 Å². The van der Waals surface area contributed by atoms with E-state index < -0.39 is 0 Å². The molecule has 21 heavy (non-hydrogen) atoms. The van der Waals surface area contributed by atoms with E-state index in [9.17, 15) is 4.79 Å². The van der Waals surface area contributed by atoms with Crippen LogP contribution in [0.1, 0.15) is 45.7 Å². The van der Waals surface area contributed by atoms with Crippen LogP contribution in [0.25, 0.3) is 0 Å². The predicted octanol–water partition coefficient (Wildman–Crippen LogP) is 2.40. The fourth-order valence-corrected chi connectivity index (χ4v) is 1.79. The lowest BCUT2D eigenvalue weighted by atomic mass is 10.0. The van der Waals surface area contributed by atoms with Gasteiger partial charge in [0.15, 0.2) is 6.61 Å². The molecule has 0 bridgehead atoms. The van der Waals surface area contributed by atoms with Gasteiger partial charge >= 0.3 is 0 Å². The van der Waals surface area contributed by atoms with Crippen LogP contribution in [0, 0.1) is 0 Å². The zero-order valence-corrected chi connectivity index (χ0v) is 13.5. The number of methoxy groups -OCH3 is 1. The lowest BCUT2D eigenvalue weighted by molar-refractivity contribution is -0.124. The van der Waals surface area contributed by atoms with Crippen molar-refractivity contribution in [3.05, 3.63) is 23.8 Å². The van der Waals surface area contributed by atoms with Crippen molar-refractivity contribution in [1.29, 1.82) is 0 Å². The third kappa shape index (κ3) is 5.27. The third-order valence-corrected chi connectivity index (χ3v) is 3.43. The van der Waals surface area contributed by atoms with E-state index in [0.717, 1.165) is 12.0 Å². The average molecular weight is 294 g/mol. The highest BCUT2D eigenvalue weighted by Gasteiger charge is 2.18. The zero-order chi connectivity index (χ0) is 16.0. The molecule has 118 valence electrons. The first kappa shape index (κ1) is 17.3. The molecule has 0 saturated carbocycles. The molecule has 1 unspecified atom stereocenters. The van der Waals surface area contributed by atoms with Crippen molar-refractivity contribution in [2.75, 3.05) is 13.7 Å². The molecule has 1 amide bonds. The molecule has 0 heterocycles. The van der Waals surface area contributed by atoms with Gasteiger partial charge in [-0.05, 0) is 33.3 Å². The Morgan fingerprint density at radius 1 is 1.43 bits per heavy atom. The Bertz CT molecular complexity index is 484. The monoisotopic (exact) mass is 294 g/mol. The van der Waals surface area contributed by atoms with Crippen LogP contribution in [0.3, 0.4) is 0 Å². The van der Waals surface area contributed by atoms with Crippen LogP contribution < -0.4 is 20.5 Å². The van der Waals surface area contributed by atoms with E-state index in [1.807, 2.05) is 39.8 Å². The molecule has 5 nitrogen and oxygen atoms in total. The fourth-order valence-electron chi connectivity index (χ4n) is 1.79. The SMILES string of the molecule is CCC(C)(C)NC(=O)COc1cc(OC)ccc1C(C)N. The topological polar surface area (TPSA) is 73.6 Å². The number of benzene rings is 1. The first-order valence-corrected chi connectivity index (χ1v) is 7.16. The summed E-state index contributed by atoms with van der Waals surface area (Å²) in [7, 11) is 1.58. The van der Waals surface area contributed by atoms with E-state index in [0.29, 0.717) is 11.5 Å². The Hall–Kier alpha value is -1.75. The van der Waals surface area contributed by atoms with Crippen LogP contribution in [-0.2, 0) is 4.79 Å². The molecule has 3 N–H and O–H groups in total. The van der Waals surface area contributed by atoms with Gasteiger partial charge in [0, 0.05) is 23.2 Å². The van der Waals surface area contributed by atoms with Crippen molar-refractivity contribution >= 4 is 5.91 Å². The molecule has 0 fully saturated rings. The molecule has 1 aromatic rings. The van der Waals surface area contributed by atoms with E-state index in [4.69, 9.17) is 15.2 Å². The Labute approximate surface area is 126 Å². The van der Waals surface area contributed by atoms with Crippen molar-refractivity contribution in [3.8, 4) is 11.5 Å². The predicted molar refractivity (Wildman–Crippen MR) is 83.6 cm³/mol. The Morgan fingerprint density at radius 3 is 2.62 bits per heavy atom. The minimum absolute atomic E-state index is 0.0453. The van der Waals surface area contributed by atoms with Gasteiger partial charge in [-0.25, -0.2) is 0 Å². The molecule has 1 rings (SSSR count). The molecule has 5 heteroatoms. The molecule has 0 spiro atoms. The summed E-state index contributed by atoms with van der Waals surface area (Å²) in [5, 5.41) is 2.93. The van der Waals surface area contributed by atoms with E-state index in [-0.39, 0.29) is 24.1 Å². The van der Waals surface area contributed by atoms with Crippen LogP contribution in [-0.4, -0.2) is 25.2 Å². The van der Waals surface area contributed by atoms with Crippen LogP contribution >= 0.6 is 0 Å². The Morgan fingerprint density at radius 2 is 2.10 bits per heavy atom. The summed E-state index contributed by atoms with van der Waals surface area (Å²) in [5.74, 6) is 1.10. The molecule has 0 aliphatic heterocycles. The van der Waals surface area contributed by atoms with Crippen molar-refractivity contribution < 1.29 is 14.3 Å². The largest absolute Gasteiger partial charge is 0.497 e. The molecule has 0 aliphatic carbocycles. The lowest BCUT2D eigenvalue weighted by Crippen LogP contribution is -2.44. The highest BCUT2D eigenvalue weighted by Crippen LogP contribution is 2.28. The summed E-state index contributed by atoms with van der Waals surface area (Å²) in [6.45, 7) is 7.80. The number of nitrogens with one attached hydrogen (secondary N) is 1. The van der Waals surface area contributed by atoms with Crippen LogP contribution in [0.15, 0.2) is 18.2 Å². The first-order chi connectivity index (χ1) is 9.79. The second-order valence-electron chi connectivity index (χ2n) is 5.77. The number of amides is 1. The number of nitrogens with two attached hydrogens (primary N) is 1. The highest BCUT2D eigenvalue weighted by atomic mass is 16.5. The summed E-state index contributed by atoms with van der Waals surface area (Å²) in [4.78, 5) is 11.9. The van der Waals surface area contributed by atoms with Gasteiger partial charge in [-0.1, -0.05) is 13.0 Å².